The number of hydrogen-bond donors (Lipinski definition) is 3. The van der Waals surface area contributed by atoms with Gasteiger partial charge in [-0.1, -0.05) is 6.07 Å². The number of nitrogens with zero attached hydrogens (tertiary/aromatic N) is 5. The van der Waals surface area contributed by atoms with E-state index in [-0.39, 0.29) is 113 Å². The van der Waals surface area contributed by atoms with E-state index in [9.17, 15) is 46.7 Å². The minimum Gasteiger partial charge on any atom is -0.493 e. The number of aromatic nitrogens is 3. The average Bonchev–Trinajstić information content (AvgIpc) is 3.67. The topological polar surface area (TPSA) is 211 Å². The Balaban J connectivity index is 0.782. The molecule has 1 unspecified atom stereocenters. The first kappa shape index (κ1) is 48.8. The maximum absolute atomic E-state index is 15.7. The molecule has 0 radical (unpaired) electrons. The van der Waals surface area contributed by atoms with Crippen LogP contribution >= 0.6 is 0 Å². The summed E-state index contributed by atoms with van der Waals surface area (Å²) in [5.74, 6) is -2.77. The second-order valence-corrected chi connectivity index (χ2v) is 18.0. The second kappa shape index (κ2) is 19.5. The molecule has 1 atom stereocenters. The van der Waals surface area contributed by atoms with Crippen molar-refractivity contribution in [2.75, 3.05) is 37.4 Å². The second-order valence-electron chi connectivity index (χ2n) is 18.0. The first-order valence-corrected chi connectivity index (χ1v) is 23.0. The van der Waals surface area contributed by atoms with E-state index in [1.165, 1.54) is 55.1 Å². The van der Waals surface area contributed by atoms with Gasteiger partial charge in [0.25, 0.3) is 17.7 Å². The number of pyridine rings is 1. The van der Waals surface area contributed by atoms with Gasteiger partial charge in [0, 0.05) is 85.4 Å². The fraction of sp³-hybridized carbons (Fsp3) is 0.314. The number of alkyl halides is 3. The van der Waals surface area contributed by atoms with Gasteiger partial charge in [-0.25, -0.2) is 14.4 Å². The lowest BCUT2D eigenvalue weighted by Gasteiger charge is -2.31. The van der Waals surface area contributed by atoms with Gasteiger partial charge in [-0.3, -0.25) is 38.9 Å². The van der Waals surface area contributed by atoms with Crippen LogP contribution in [0.3, 0.4) is 0 Å². The number of piperidine rings is 2. The van der Waals surface area contributed by atoms with Crippen LogP contribution in [0, 0.1) is 18.7 Å². The highest BCUT2D eigenvalue weighted by Gasteiger charge is 2.39. The fourth-order valence-electron chi connectivity index (χ4n) is 9.52. The summed E-state index contributed by atoms with van der Waals surface area (Å²) < 4.78 is 69.1. The van der Waals surface area contributed by atoms with Crippen LogP contribution < -0.4 is 30.9 Å². The molecule has 2 aromatic heterocycles. The zero-order valence-electron chi connectivity index (χ0n) is 39.1. The summed E-state index contributed by atoms with van der Waals surface area (Å²) in [6.07, 6.45) is -1.64. The van der Waals surface area contributed by atoms with E-state index in [1.807, 2.05) is 0 Å². The molecule has 9 rings (SSSR count). The van der Waals surface area contributed by atoms with E-state index in [0.29, 0.717) is 65.4 Å². The number of imide groups is 1. The third-order valence-electron chi connectivity index (χ3n) is 13.5. The van der Waals surface area contributed by atoms with Crippen molar-refractivity contribution in [1.29, 1.82) is 0 Å². The molecular weight excluding hydrogens is 945 g/mol. The average molecular weight is 991 g/mol. The summed E-state index contributed by atoms with van der Waals surface area (Å²) in [5.41, 5.74) is 0.750. The highest BCUT2D eigenvalue weighted by atomic mass is 19.4. The number of anilines is 2. The lowest BCUT2D eigenvalue weighted by molar-refractivity contribution is -0.138. The number of halogens is 4. The molecule has 0 saturated carbocycles. The SMILES string of the molecule is COc1cc2c(Cc3ccc(NC(=O)c4c(C)n(C)c5ccc(C(F)(F)F)cc5c4=O)cc3F)ncnc2cc1OCC(=O)N1CCC(CC(=O)Nc2ccc3c(c2)CN(C2CCC(=O)NC2=O)C3=O)CC1. The van der Waals surface area contributed by atoms with Gasteiger partial charge in [0.1, 0.15) is 23.7 Å². The quantitative estimate of drug-likeness (QED) is 0.0928. The molecule has 72 heavy (non-hydrogen) atoms. The number of nitrogens with one attached hydrogen (secondary N) is 3. The molecular formula is C51H46F4N8O9. The molecule has 3 N–H and O–H groups in total. The smallest absolute Gasteiger partial charge is 0.416 e. The van der Waals surface area contributed by atoms with Crippen LogP contribution in [-0.2, 0) is 45.4 Å². The molecule has 3 aliphatic rings. The minimum absolute atomic E-state index is 0.00152. The highest BCUT2D eigenvalue weighted by Crippen LogP contribution is 2.35. The predicted molar refractivity (Wildman–Crippen MR) is 253 cm³/mol. The monoisotopic (exact) mass is 990 g/mol. The Hall–Kier alpha value is -8.23. The largest absolute Gasteiger partial charge is 0.493 e. The number of methoxy groups -OCH3 is 1. The fourth-order valence-corrected chi connectivity index (χ4v) is 9.52. The number of aryl methyl sites for hydroxylation is 1. The summed E-state index contributed by atoms with van der Waals surface area (Å²) >= 11 is 0. The van der Waals surface area contributed by atoms with E-state index in [2.05, 4.69) is 25.9 Å². The number of likely N-dealkylation sites (tertiary alicyclic amines) is 1. The van der Waals surface area contributed by atoms with Crippen molar-refractivity contribution in [3.63, 3.8) is 0 Å². The van der Waals surface area contributed by atoms with E-state index >= 15 is 4.39 Å². The molecule has 0 aliphatic carbocycles. The van der Waals surface area contributed by atoms with Crippen LogP contribution in [0.15, 0.2) is 77.9 Å². The van der Waals surface area contributed by atoms with Crippen LogP contribution in [-0.4, -0.2) is 92.6 Å². The van der Waals surface area contributed by atoms with Crippen molar-refractivity contribution in [3.05, 3.63) is 128 Å². The van der Waals surface area contributed by atoms with Crippen LogP contribution in [0.5, 0.6) is 11.5 Å². The van der Waals surface area contributed by atoms with Crippen LogP contribution in [0.1, 0.15) is 80.9 Å². The molecule has 2 saturated heterocycles. The Labute approximate surface area is 407 Å². The van der Waals surface area contributed by atoms with Crippen LogP contribution in [0.4, 0.5) is 28.9 Å². The molecule has 0 bridgehead atoms. The van der Waals surface area contributed by atoms with Gasteiger partial charge >= 0.3 is 6.18 Å². The third kappa shape index (κ3) is 9.77. The normalized spacial score (nSPS) is 16.2. The zero-order valence-corrected chi connectivity index (χ0v) is 39.1. The van der Waals surface area contributed by atoms with Crippen molar-refractivity contribution in [2.24, 2.45) is 13.0 Å². The first-order valence-electron chi connectivity index (χ1n) is 23.0. The van der Waals surface area contributed by atoms with E-state index in [1.54, 1.807) is 35.2 Å². The van der Waals surface area contributed by atoms with Gasteiger partial charge < -0.3 is 34.5 Å². The summed E-state index contributed by atoms with van der Waals surface area (Å²) in [6.45, 7) is 2.18. The highest BCUT2D eigenvalue weighted by molar-refractivity contribution is 6.07. The van der Waals surface area contributed by atoms with Crippen molar-refractivity contribution in [3.8, 4) is 11.5 Å². The molecule has 3 aliphatic heterocycles. The van der Waals surface area contributed by atoms with Gasteiger partial charge in [0.05, 0.1) is 29.4 Å². The summed E-state index contributed by atoms with van der Waals surface area (Å²) in [6, 6.07) is 14.1. The molecule has 21 heteroatoms. The first-order chi connectivity index (χ1) is 34.4. The van der Waals surface area contributed by atoms with Gasteiger partial charge in [0.15, 0.2) is 18.1 Å². The Morgan fingerprint density at radius 3 is 2.35 bits per heavy atom. The lowest BCUT2D eigenvalue weighted by Crippen LogP contribution is -2.52. The number of carbonyl (C=O) groups is 6. The van der Waals surface area contributed by atoms with Gasteiger partial charge in [0.2, 0.25) is 23.2 Å². The maximum atomic E-state index is 15.7. The molecule has 17 nitrogen and oxygen atoms in total. The zero-order chi connectivity index (χ0) is 51.2. The number of carbonyl (C=O) groups excluding carboxylic acids is 6. The van der Waals surface area contributed by atoms with E-state index in [0.717, 1.165) is 12.1 Å². The maximum Gasteiger partial charge on any atom is 0.416 e. The van der Waals surface area contributed by atoms with Crippen LogP contribution in [0.25, 0.3) is 21.8 Å². The number of ether oxygens (including phenoxy) is 2. The summed E-state index contributed by atoms with van der Waals surface area (Å²) in [4.78, 5) is 102. The Bertz CT molecular complexity index is 3320. The molecule has 6 aromatic rings. The van der Waals surface area contributed by atoms with Gasteiger partial charge in [-0.05, 0) is 97.8 Å². The van der Waals surface area contributed by atoms with E-state index in [4.69, 9.17) is 9.47 Å². The summed E-state index contributed by atoms with van der Waals surface area (Å²) in [5, 5.41) is 7.91. The molecule has 2 fully saturated rings. The number of fused-ring (bicyclic) bond motifs is 3. The van der Waals surface area contributed by atoms with Gasteiger partial charge in [-0.15, -0.1) is 0 Å². The van der Waals surface area contributed by atoms with Crippen LogP contribution in [0.2, 0.25) is 0 Å². The molecule has 6 amide bonds. The number of benzene rings is 4. The molecule has 372 valence electrons. The van der Waals surface area contributed by atoms with Crippen molar-refractivity contribution in [2.45, 2.75) is 64.2 Å². The lowest BCUT2D eigenvalue weighted by atomic mass is 9.93. The number of rotatable bonds is 12. The third-order valence-corrected chi connectivity index (χ3v) is 13.5. The predicted octanol–water partition coefficient (Wildman–Crippen LogP) is 6.21. The van der Waals surface area contributed by atoms with Crippen molar-refractivity contribution >= 4 is 68.6 Å². The Morgan fingerprint density at radius 2 is 1.62 bits per heavy atom. The van der Waals surface area contributed by atoms with E-state index < -0.39 is 40.8 Å². The standard InChI is InChI=1S/C51H46F4N8O9/c1-26-46(47(67)35-19-30(51(53,54)55)5-9-39(35)61(26)2)49(69)59-32-6-4-28(36(52)20-32)18-37-34-21-41(71-3)42(22-38(34)57-25-56-37)72-24-45(66)62-14-12-27(13-15-62)16-44(65)58-31-7-8-33-29(17-31)23-63(50(33)70)40-10-11-43(64)60-48(40)68/h4-9,17,19-22,25,27,40H,10-16,18,23-24H2,1-3H3,(H,58,65)(H,59,69)(H,60,64,68). The van der Waals surface area contributed by atoms with Crippen molar-refractivity contribution in [1.82, 2.24) is 29.7 Å². The Kier molecular flexibility index (Phi) is 13.2. The number of hydrogen-bond acceptors (Lipinski definition) is 11. The minimum atomic E-state index is -4.71. The van der Waals surface area contributed by atoms with Gasteiger partial charge in [-0.2, -0.15) is 13.2 Å². The van der Waals surface area contributed by atoms with Crippen molar-refractivity contribution < 1.29 is 55.8 Å². The Morgan fingerprint density at radius 1 is 0.875 bits per heavy atom. The molecule has 0 spiro atoms. The molecule has 4 aromatic carbocycles. The molecule has 5 heterocycles. The summed E-state index contributed by atoms with van der Waals surface area (Å²) in [7, 11) is 2.94. The number of amides is 6.